The monoisotopic (exact) mass is 371 g/mol. The minimum atomic E-state index is -0.297. The second-order valence-corrected chi connectivity index (χ2v) is 9.75. The lowest BCUT2D eigenvalue weighted by molar-refractivity contribution is 0.354. The summed E-state index contributed by atoms with van der Waals surface area (Å²) in [6.45, 7) is 16.7. The number of hydrogen-bond donors (Lipinski definition) is 0. The topological polar surface area (TPSA) is 78.1 Å². The maximum atomic E-state index is 5.94. The quantitative estimate of drug-likeness (QED) is 0.608. The highest BCUT2D eigenvalue weighted by Gasteiger charge is 2.30. The van der Waals surface area contributed by atoms with Crippen LogP contribution in [0.5, 0.6) is 0 Å². The first kappa shape index (κ1) is 19.4. The lowest BCUT2D eigenvalue weighted by atomic mass is 9.86. The van der Waals surface area contributed by atoms with Crippen molar-refractivity contribution in [3.05, 3.63) is 41.9 Å². The minimum Gasteiger partial charge on any atom is -0.445 e. The third-order valence-electron chi connectivity index (χ3n) is 4.44. The van der Waals surface area contributed by atoms with E-state index in [9.17, 15) is 0 Å². The van der Waals surface area contributed by atoms with Gasteiger partial charge in [-0.2, -0.15) is 0 Å². The van der Waals surface area contributed by atoms with Gasteiger partial charge in [0.2, 0.25) is 11.7 Å². The van der Waals surface area contributed by atoms with Crippen molar-refractivity contribution in [2.45, 2.75) is 78.1 Å². The molecule has 146 valence electrons. The zero-order valence-corrected chi connectivity index (χ0v) is 17.5. The van der Waals surface area contributed by atoms with Crippen LogP contribution in [0, 0.1) is 0 Å². The first-order valence-electron chi connectivity index (χ1n) is 9.24. The van der Waals surface area contributed by atoms with Crippen LogP contribution < -0.4 is 0 Å². The summed E-state index contributed by atoms with van der Waals surface area (Å²) in [7, 11) is 0. The Bertz CT molecular complexity index is 917. The lowest BCUT2D eigenvalue weighted by Gasteiger charge is -2.20. The summed E-state index contributed by atoms with van der Waals surface area (Å²) >= 11 is 0. The van der Waals surface area contributed by atoms with E-state index in [0.29, 0.717) is 29.9 Å². The van der Waals surface area contributed by atoms with Gasteiger partial charge >= 0.3 is 0 Å². The molecular formula is C21H29N3O3. The van der Waals surface area contributed by atoms with E-state index in [0.717, 1.165) is 11.5 Å². The summed E-state index contributed by atoms with van der Waals surface area (Å²) in [5, 5.41) is 0. The number of aromatic nitrogens is 3. The number of hydrogen-bond acceptors (Lipinski definition) is 6. The largest absolute Gasteiger partial charge is 0.445 e. The molecule has 3 aromatic rings. The highest BCUT2D eigenvalue weighted by molar-refractivity contribution is 5.43. The molecule has 6 heteroatoms. The fourth-order valence-electron chi connectivity index (χ4n) is 2.62. The Kier molecular flexibility index (Phi) is 4.57. The van der Waals surface area contributed by atoms with E-state index in [1.165, 1.54) is 0 Å². The third-order valence-corrected chi connectivity index (χ3v) is 4.44. The second-order valence-electron chi connectivity index (χ2n) is 9.75. The van der Waals surface area contributed by atoms with Crippen molar-refractivity contribution < 1.29 is 13.3 Å². The van der Waals surface area contributed by atoms with Crippen molar-refractivity contribution in [1.29, 1.82) is 0 Å². The number of oxazole rings is 3. The summed E-state index contributed by atoms with van der Waals surface area (Å²) < 4.78 is 17.4. The molecule has 3 heterocycles. The standard InChI is InChI=1S/C21H29N3O3/c1-19(2,3)15-11-22-16(27-15)9-21(7,8)14-12-25-17(24-14)13-10-23-18(26-13)20(4,5)6/h10-12H,9H2,1-8H3. The molecule has 0 atom stereocenters. The van der Waals surface area contributed by atoms with E-state index in [1.54, 1.807) is 12.5 Å². The summed E-state index contributed by atoms with van der Waals surface area (Å²) in [4.78, 5) is 13.4. The zero-order valence-electron chi connectivity index (χ0n) is 17.5. The second kappa shape index (κ2) is 6.36. The van der Waals surface area contributed by atoms with Gasteiger partial charge in [-0.15, -0.1) is 0 Å². The SMILES string of the molecule is CC(C)(C)c1cnc(CC(C)(C)c2coc(-c3cnc(C(C)(C)C)o3)n2)o1. The van der Waals surface area contributed by atoms with E-state index in [-0.39, 0.29) is 16.2 Å². The Balaban J connectivity index is 1.80. The van der Waals surface area contributed by atoms with Crippen LogP contribution in [0.4, 0.5) is 0 Å². The highest BCUT2D eigenvalue weighted by atomic mass is 16.4. The number of nitrogens with zero attached hydrogens (tertiary/aromatic N) is 3. The zero-order chi connectivity index (χ0) is 20.0. The molecule has 0 saturated carbocycles. The van der Waals surface area contributed by atoms with E-state index in [1.807, 2.05) is 6.20 Å². The van der Waals surface area contributed by atoms with Gasteiger partial charge in [-0.3, -0.25) is 0 Å². The van der Waals surface area contributed by atoms with Gasteiger partial charge in [0.05, 0.1) is 18.1 Å². The van der Waals surface area contributed by atoms with E-state index in [2.05, 4.69) is 70.3 Å². The van der Waals surface area contributed by atoms with Crippen molar-refractivity contribution in [3.63, 3.8) is 0 Å². The average molecular weight is 371 g/mol. The minimum absolute atomic E-state index is 0.0620. The van der Waals surface area contributed by atoms with Gasteiger partial charge in [0.25, 0.3) is 5.89 Å². The molecule has 0 spiro atoms. The van der Waals surface area contributed by atoms with Crippen molar-refractivity contribution in [2.24, 2.45) is 0 Å². The molecule has 0 amide bonds. The van der Waals surface area contributed by atoms with Crippen molar-refractivity contribution in [3.8, 4) is 11.7 Å². The fourth-order valence-corrected chi connectivity index (χ4v) is 2.62. The van der Waals surface area contributed by atoms with Crippen LogP contribution >= 0.6 is 0 Å². The molecule has 0 saturated heterocycles. The Labute approximate surface area is 160 Å². The molecule has 0 aliphatic carbocycles. The molecule has 0 radical (unpaired) electrons. The van der Waals surface area contributed by atoms with Crippen LogP contribution in [-0.4, -0.2) is 15.0 Å². The summed E-state index contributed by atoms with van der Waals surface area (Å²) in [5.74, 6) is 3.21. The van der Waals surface area contributed by atoms with Crippen molar-refractivity contribution in [2.75, 3.05) is 0 Å². The van der Waals surface area contributed by atoms with Gasteiger partial charge in [0.1, 0.15) is 12.0 Å². The molecule has 0 aliphatic heterocycles. The molecule has 0 bridgehead atoms. The molecule has 6 nitrogen and oxygen atoms in total. The van der Waals surface area contributed by atoms with Gasteiger partial charge < -0.3 is 13.3 Å². The molecule has 3 rings (SSSR count). The first-order valence-corrected chi connectivity index (χ1v) is 9.24. The third kappa shape index (κ3) is 4.15. The van der Waals surface area contributed by atoms with Gasteiger partial charge in [-0.05, 0) is 0 Å². The smallest absolute Gasteiger partial charge is 0.264 e. The number of rotatable bonds is 4. The molecule has 0 aliphatic rings. The van der Waals surface area contributed by atoms with Crippen LogP contribution in [0.2, 0.25) is 0 Å². The predicted octanol–water partition coefficient (Wildman–Crippen LogP) is 5.43. The Hall–Kier alpha value is -2.37. The van der Waals surface area contributed by atoms with E-state index in [4.69, 9.17) is 13.3 Å². The predicted molar refractivity (Wildman–Crippen MR) is 103 cm³/mol. The molecular weight excluding hydrogens is 342 g/mol. The summed E-state index contributed by atoms with van der Waals surface area (Å²) in [6.07, 6.45) is 5.76. The van der Waals surface area contributed by atoms with E-state index < -0.39 is 0 Å². The molecule has 0 N–H and O–H groups in total. The Morgan fingerprint density at radius 2 is 1.56 bits per heavy atom. The van der Waals surface area contributed by atoms with Gasteiger partial charge in [-0.25, -0.2) is 15.0 Å². The first-order chi connectivity index (χ1) is 12.4. The maximum absolute atomic E-state index is 5.94. The van der Waals surface area contributed by atoms with Gasteiger partial charge in [0, 0.05) is 22.7 Å². The average Bonchev–Trinajstić information content (AvgIpc) is 3.25. The normalized spacial score (nSPS) is 13.3. The Morgan fingerprint density at radius 1 is 0.852 bits per heavy atom. The van der Waals surface area contributed by atoms with Crippen molar-refractivity contribution in [1.82, 2.24) is 15.0 Å². The van der Waals surface area contributed by atoms with E-state index >= 15 is 0 Å². The lowest BCUT2D eigenvalue weighted by Crippen LogP contribution is -2.21. The van der Waals surface area contributed by atoms with Crippen LogP contribution in [0.3, 0.4) is 0 Å². The van der Waals surface area contributed by atoms with Crippen LogP contribution in [-0.2, 0) is 22.7 Å². The highest BCUT2D eigenvalue weighted by Crippen LogP contribution is 2.32. The van der Waals surface area contributed by atoms with Crippen LogP contribution in [0.1, 0.15) is 78.6 Å². The molecule has 0 aromatic carbocycles. The van der Waals surface area contributed by atoms with Crippen LogP contribution in [0.25, 0.3) is 11.7 Å². The molecule has 3 aromatic heterocycles. The summed E-state index contributed by atoms with van der Waals surface area (Å²) in [5.41, 5.74) is 0.298. The van der Waals surface area contributed by atoms with Gasteiger partial charge in [-0.1, -0.05) is 55.4 Å². The fraction of sp³-hybridized carbons (Fsp3) is 0.571. The van der Waals surface area contributed by atoms with Crippen molar-refractivity contribution >= 4 is 0 Å². The molecule has 27 heavy (non-hydrogen) atoms. The molecule has 0 unspecified atom stereocenters. The van der Waals surface area contributed by atoms with Gasteiger partial charge in [0.15, 0.2) is 5.89 Å². The maximum Gasteiger partial charge on any atom is 0.264 e. The summed E-state index contributed by atoms with van der Waals surface area (Å²) in [6, 6.07) is 0. The Morgan fingerprint density at radius 3 is 2.11 bits per heavy atom. The van der Waals surface area contributed by atoms with Crippen LogP contribution in [0.15, 0.2) is 31.9 Å². The molecule has 0 fully saturated rings.